The molecule has 0 aliphatic carbocycles. The predicted octanol–water partition coefficient (Wildman–Crippen LogP) is 0.888. The summed E-state index contributed by atoms with van der Waals surface area (Å²) in [5, 5.41) is 17.8. The largest absolute Gasteiger partial charge is 0.483 e. The number of hydrogen-bond acceptors (Lipinski definition) is 7. The molecule has 1 heterocycles. The molecule has 0 N–H and O–H groups in total. The fourth-order valence-electron chi connectivity index (χ4n) is 1.03. The van der Waals surface area contributed by atoms with Gasteiger partial charge in [0, 0.05) is 7.11 Å². The van der Waals surface area contributed by atoms with Gasteiger partial charge >= 0.3 is 5.53 Å². The highest BCUT2D eigenvalue weighted by Crippen LogP contribution is 2.54. The molecule has 0 aromatic heterocycles. The lowest BCUT2D eigenvalue weighted by atomic mass is 10.9. The zero-order chi connectivity index (χ0) is 10.8. The van der Waals surface area contributed by atoms with Gasteiger partial charge in [-0.2, -0.15) is 4.99 Å². The summed E-state index contributed by atoms with van der Waals surface area (Å²) in [6.07, 6.45) is 1.07. The lowest BCUT2D eigenvalue weighted by Crippen LogP contribution is -2.35. The molecule has 0 radical (unpaired) electrons. The van der Waals surface area contributed by atoms with Gasteiger partial charge in [-0.05, 0) is 14.1 Å². The minimum Gasteiger partial charge on any atom is -0.338 e. The average Bonchev–Trinajstić information content (AvgIpc) is 2.54. The van der Waals surface area contributed by atoms with E-state index in [1.807, 2.05) is 0 Å². The molecule has 0 fully saturated rings. The molecule has 0 bridgehead atoms. The zero-order valence-corrected chi connectivity index (χ0v) is 8.88. The van der Waals surface area contributed by atoms with Crippen molar-refractivity contribution in [2.75, 3.05) is 21.2 Å². The van der Waals surface area contributed by atoms with Crippen LogP contribution >= 0.6 is 8.30 Å². The van der Waals surface area contributed by atoms with E-state index in [2.05, 4.69) is 15.2 Å². The smallest absolute Gasteiger partial charge is 0.338 e. The van der Waals surface area contributed by atoms with Gasteiger partial charge in [0.1, 0.15) is 6.34 Å². The molecular weight excluding hydrogens is 209 g/mol. The third-order valence-electron chi connectivity index (χ3n) is 1.51. The van der Waals surface area contributed by atoms with E-state index in [-0.39, 0.29) is 0 Å². The van der Waals surface area contributed by atoms with Crippen molar-refractivity contribution in [3.63, 3.8) is 0 Å². The van der Waals surface area contributed by atoms with E-state index in [0.717, 1.165) is 6.34 Å². The third-order valence-corrected chi connectivity index (χ3v) is 3.47. The quantitative estimate of drug-likeness (QED) is 0.398. The van der Waals surface area contributed by atoms with Gasteiger partial charge in [-0.1, -0.05) is 5.11 Å². The lowest BCUT2D eigenvalue weighted by Gasteiger charge is -2.25. The van der Waals surface area contributed by atoms with Crippen LogP contribution in [0.3, 0.4) is 0 Å². The van der Waals surface area contributed by atoms with Crippen molar-refractivity contribution in [1.29, 1.82) is 0 Å². The van der Waals surface area contributed by atoms with Crippen molar-refractivity contribution in [2.24, 2.45) is 15.2 Å². The van der Waals surface area contributed by atoms with Crippen LogP contribution in [0.5, 0.6) is 0 Å². The molecule has 0 spiro atoms. The van der Waals surface area contributed by atoms with Gasteiger partial charge in [0.25, 0.3) is 0 Å². The Bertz CT molecular complexity index is 279. The van der Waals surface area contributed by atoms with E-state index in [4.69, 9.17) is 4.52 Å². The molecule has 9 heteroatoms. The first-order chi connectivity index (χ1) is 6.54. The van der Waals surface area contributed by atoms with Crippen molar-refractivity contribution in [3.8, 4) is 0 Å². The Morgan fingerprint density at radius 1 is 1.64 bits per heavy atom. The Morgan fingerprint density at radius 2 is 2.29 bits per heavy atom. The second kappa shape index (κ2) is 4.04. The SMILES string of the molecule is COP(N(C)C)C1([N+](=O)[O-])N=CN=N1. The van der Waals surface area contributed by atoms with Crippen molar-refractivity contribution < 1.29 is 9.45 Å². The molecule has 0 amide bonds. The summed E-state index contributed by atoms with van der Waals surface area (Å²) in [5.74, 6) is 0. The summed E-state index contributed by atoms with van der Waals surface area (Å²) < 4.78 is 6.63. The normalized spacial score (nSPS) is 27.1. The van der Waals surface area contributed by atoms with Crippen LogP contribution in [0.4, 0.5) is 0 Å². The molecule has 0 saturated carbocycles. The van der Waals surface area contributed by atoms with Crippen LogP contribution < -0.4 is 0 Å². The molecule has 1 aliphatic heterocycles. The Balaban J connectivity index is 3.04. The summed E-state index contributed by atoms with van der Waals surface area (Å²) in [5.41, 5.74) is -1.80. The van der Waals surface area contributed by atoms with Gasteiger partial charge in [-0.15, -0.1) is 5.11 Å². The molecule has 14 heavy (non-hydrogen) atoms. The van der Waals surface area contributed by atoms with E-state index in [9.17, 15) is 10.1 Å². The third kappa shape index (κ3) is 1.63. The lowest BCUT2D eigenvalue weighted by molar-refractivity contribution is -0.538. The Morgan fingerprint density at radius 3 is 2.57 bits per heavy atom. The van der Waals surface area contributed by atoms with Crippen molar-refractivity contribution >= 4 is 14.6 Å². The van der Waals surface area contributed by atoms with E-state index < -0.39 is 18.8 Å². The fraction of sp³-hybridized carbons (Fsp3) is 0.800. The van der Waals surface area contributed by atoms with Gasteiger partial charge in [-0.3, -0.25) is 14.8 Å². The van der Waals surface area contributed by atoms with Gasteiger partial charge in [0.15, 0.2) is 0 Å². The average molecular weight is 219 g/mol. The van der Waals surface area contributed by atoms with Gasteiger partial charge < -0.3 is 4.52 Å². The highest BCUT2D eigenvalue weighted by molar-refractivity contribution is 7.51. The first-order valence-corrected chi connectivity index (χ1v) is 4.87. The van der Waals surface area contributed by atoms with Gasteiger partial charge in [-0.25, -0.2) is 0 Å². The molecule has 0 aromatic carbocycles. The maximum absolute atomic E-state index is 10.9. The van der Waals surface area contributed by atoms with Gasteiger partial charge in [0.2, 0.25) is 8.30 Å². The minimum absolute atomic E-state index is 0.588. The number of nitrogens with zero attached hydrogens (tertiary/aromatic N) is 5. The number of aliphatic imine (C=N–C) groups is 1. The molecule has 0 aromatic rings. The molecule has 2 unspecified atom stereocenters. The molecule has 2 atom stereocenters. The summed E-state index contributed by atoms with van der Waals surface area (Å²) in [6, 6.07) is 0. The maximum atomic E-state index is 10.9. The molecular formula is C5H10N5O3P. The van der Waals surface area contributed by atoms with Crippen LogP contribution in [0.1, 0.15) is 0 Å². The van der Waals surface area contributed by atoms with E-state index >= 15 is 0 Å². The van der Waals surface area contributed by atoms with Crippen LogP contribution in [0.25, 0.3) is 0 Å². The number of rotatable bonds is 4. The number of hydrogen-bond donors (Lipinski definition) is 0. The molecule has 0 saturated heterocycles. The monoisotopic (exact) mass is 219 g/mol. The minimum atomic E-state index is -1.80. The van der Waals surface area contributed by atoms with E-state index in [1.165, 1.54) is 7.11 Å². The van der Waals surface area contributed by atoms with E-state index in [1.54, 1.807) is 18.8 Å². The summed E-state index contributed by atoms with van der Waals surface area (Å²) in [4.78, 5) is 14.0. The van der Waals surface area contributed by atoms with Crippen molar-refractivity contribution in [1.82, 2.24) is 4.67 Å². The second-order valence-electron chi connectivity index (χ2n) is 2.62. The molecule has 1 rings (SSSR count). The fourth-order valence-corrected chi connectivity index (χ4v) is 2.55. The topological polar surface area (TPSA) is 92.7 Å². The first-order valence-electron chi connectivity index (χ1n) is 3.66. The molecule has 8 nitrogen and oxygen atoms in total. The maximum Gasteiger partial charge on any atom is 0.483 e. The highest BCUT2D eigenvalue weighted by Gasteiger charge is 2.56. The number of azo groups is 1. The Labute approximate surface area is 81.7 Å². The van der Waals surface area contributed by atoms with Crippen molar-refractivity contribution in [2.45, 2.75) is 5.53 Å². The van der Waals surface area contributed by atoms with Crippen LogP contribution in [-0.2, 0) is 4.52 Å². The van der Waals surface area contributed by atoms with Crippen LogP contribution in [0.15, 0.2) is 15.2 Å². The highest BCUT2D eigenvalue weighted by atomic mass is 31.2. The Hall–Kier alpha value is -0.980. The molecule has 1 aliphatic rings. The van der Waals surface area contributed by atoms with Gasteiger partial charge in [0.05, 0.1) is 4.92 Å². The molecule has 78 valence electrons. The predicted molar refractivity (Wildman–Crippen MR) is 50.7 cm³/mol. The second-order valence-corrected chi connectivity index (χ2v) is 4.93. The standard InChI is InChI=1S/C5H10N5O3P/c1-9(2)14(13-3)5(10(11)12)6-4-7-8-5/h4H,1-3H3. The number of nitro groups is 1. The first kappa shape index (κ1) is 11.1. The van der Waals surface area contributed by atoms with Crippen LogP contribution in [0.2, 0.25) is 0 Å². The van der Waals surface area contributed by atoms with Crippen molar-refractivity contribution in [3.05, 3.63) is 10.1 Å². The van der Waals surface area contributed by atoms with E-state index in [0.29, 0.717) is 0 Å². The van der Waals surface area contributed by atoms with Crippen LogP contribution in [-0.4, -0.2) is 42.7 Å². The van der Waals surface area contributed by atoms with Crippen LogP contribution in [0, 0.1) is 10.1 Å². The summed E-state index contributed by atoms with van der Waals surface area (Å²) in [7, 11) is 3.16. The Kier molecular flexibility index (Phi) is 3.20. The summed E-state index contributed by atoms with van der Waals surface area (Å²) >= 11 is 0. The summed E-state index contributed by atoms with van der Waals surface area (Å²) in [6.45, 7) is 0. The zero-order valence-electron chi connectivity index (χ0n) is 7.99.